The van der Waals surface area contributed by atoms with Crippen molar-refractivity contribution in [1.29, 1.82) is 0 Å². The zero-order chi connectivity index (χ0) is 12.8. The normalized spacial score (nSPS) is 17.6. The molecule has 3 rings (SSSR count). The third kappa shape index (κ3) is 1.70. The van der Waals surface area contributed by atoms with Crippen molar-refractivity contribution in [2.45, 2.75) is 28.9 Å². The lowest BCUT2D eigenvalue weighted by atomic mass is 9.84. The van der Waals surface area contributed by atoms with Crippen LogP contribution in [0.25, 0.3) is 11.0 Å². The minimum atomic E-state index is -0.695. The molecule has 0 bridgehead atoms. The Morgan fingerprint density at radius 1 is 1.50 bits per heavy atom. The predicted octanol–water partition coefficient (Wildman–Crippen LogP) is 2.67. The van der Waals surface area contributed by atoms with Crippen LogP contribution in [0.3, 0.4) is 0 Å². The van der Waals surface area contributed by atoms with Crippen molar-refractivity contribution < 1.29 is 9.90 Å². The quantitative estimate of drug-likeness (QED) is 0.924. The van der Waals surface area contributed by atoms with Crippen LogP contribution in [0, 0.1) is 0 Å². The van der Waals surface area contributed by atoms with Gasteiger partial charge in [0.1, 0.15) is 4.75 Å². The largest absolute Gasteiger partial charge is 0.480 e. The Labute approximate surface area is 109 Å². The molecule has 0 saturated heterocycles. The monoisotopic (exact) mass is 262 g/mol. The molecule has 1 aromatic carbocycles. The van der Waals surface area contributed by atoms with E-state index in [1.165, 1.54) is 11.8 Å². The molecule has 1 aliphatic rings. The Morgan fingerprint density at radius 3 is 2.89 bits per heavy atom. The number of rotatable bonds is 3. The van der Waals surface area contributed by atoms with Crippen molar-refractivity contribution in [2.24, 2.45) is 7.05 Å². The maximum absolute atomic E-state index is 11.3. The number of thioether (sulfide) groups is 1. The molecule has 1 aliphatic carbocycles. The van der Waals surface area contributed by atoms with Crippen LogP contribution < -0.4 is 0 Å². The van der Waals surface area contributed by atoms with Gasteiger partial charge in [0.25, 0.3) is 0 Å². The summed E-state index contributed by atoms with van der Waals surface area (Å²) in [6, 6.07) is 5.96. The van der Waals surface area contributed by atoms with Crippen LogP contribution >= 0.6 is 11.8 Å². The summed E-state index contributed by atoms with van der Waals surface area (Å²) in [6.07, 6.45) is 4.29. The van der Waals surface area contributed by atoms with Crippen molar-refractivity contribution >= 4 is 28.8 Å². The first-order chi connectivity index (χ1) is 8.61. The summed E-state index contributed by atoms with van der Waals surface area (Å²) in [6.45, 7) is 0. The third-order valence-corrected chi connectivity index (χ3v) is 5.02. The van der Waals surface area contributed by atoms with Crippen molar-refractivity contribution in [3.05, 3.63) is 24.5 Å². The zero-order valence-electron chi connectivity index (χ0n) is 10.1. The number of aliphatic carboxylic acids is 1. The van der Waals surface area contributed by atoms with Crippen LogP contribution in [-0.2, 0) is 11.8 Å². The first kappa shape index (κ1) is 11.6. The molecule has 0 aliphatic heterocycles. The highest BCUT2D eigenvalue weighted by molar-refractivity contribution is 8.01. The van der Waals surface area contributed by atoms with E-state index in [-0.39, 0.29) is 0 Å². The average Bonchev–Trinajstić information content (AvgIpc) is 2.65. The summed E-state index contributed by atoms with van der Waals surface area (Å²) in [5.74, 6) is -0.695. The van der Waals surface area contributed by atoms with E-state index in [0.717, 1.165) is 35.2 Å². The minimum Gasteiger partial charge on any atom is -0.480 e. The number of aryl methyl sites for hydroxylation is 1. The number of carboxylic acids is 1. The van der Waals surface area contributed by atoms with Gasteiger partial charge in [-0.05, 0) is 37.5 Å². The van der Waals surface area contributed by atoms with E-state index in [1.54, 1.807) is 6.33 Å². The number of benzene rings is 1. The Bertz CT molecular complexity index is 616. The van der Waals surface area contributed by atoms with Crippen LogP contribution in [-0.4, -0.2) is 25.4 Å². The van der Waals surface area contributed by atoms with Gasteiger partial charge in [-0.25, -0.2) is 4.98 Å². The lowest BCUT2D eigenvalue weighted by Crippen LogP contribution is -2.41. The van der Waals surface area contributed by atoms with Crippen LogP contribution in [0.2, 0.25) is 0 Å². The van der Waals surface area contributed by atoms with Crippen molar-refractivity contribution in [3.8, 4) is 0 Å². The second-order valence-electron chi connectivity index (χ2n) is 4.76. The summed E-state index contributed by atoms with van der Waals surface area (Å²) >= 11 is 1.46. The Balaban J connectivity index is 1.93. The smallest absolute Gasteiger partial charge is 0.320 e. The lowest BCUT2D eigenvalue weighted by molar-refractivity contribution is -0.142. The van der Waals surface area contributed by atoms with Crippen molar-refractivity contribution in [2.75, 3.05) is 0 Å². The molecule has 0 radical (unpaired) electrons. The number of nitrogens with zero attached hydrogens (tertiary/aromatic N) is 2. The molecule has 18 heavy (non-hydrogen) atoms. The molecular weight excluding hydrogens is 248 g/mol. The van der Waals surface area contributed by atoms with E-state index in [2.05, 4.69) is 4.98 Å². The molecule has 5 heteroatoms. The van der Waals surface area contributed by atoms with E-state index in [4.69, 9.17) is 0 Å². The summed E-state index contributed by atoms with van der Waals surface area (Å²) in [5, 5.41) is 9.32. The average molecular weight is 262 g/mol. The number of hydrogen-bond donors (Lipinski definition) is 1. The van der Waals surface area contributed by atoms with Gasteiger partial charge in [-0.1, -0.05) is 0 Å². The van der Waals surface area contributed by atoms with E-state index in [1.807, 2.05) is 29.8 Å². The molecular formula is C13H14N2O2S. The number of carboxylic acid groups (broad SMARTS) is 1. The van der Waals surface area contributed by atoms with Gasteiger partial charge < -0.3 is 9.67 Å². The van der Waals surface area contributed by atoms with Gasteiger partial charge in [0.2, 0.25) is 0 Å². The van der Waals surface area contributed by atoms with Gasteiger partial charge in [-0.15, -0.1) is 11.8 Å². The summed E-state index contributed by atoms with van der Waals surface area (Å²) < 4.78 is 1.35. The second kappa shape index (κ2) is 4.02. The Morgan fingerprint density at radius 2 is 2.28 bits per heavy atom. The van der Waals surface area contributed by atoms with E-state index >= 15 is 0 Å². The number of hydrogen-bond acceptors (Lipinski definition) is 3. The first-order valence-electron chi connectivity index (χ1n) is 5.94. The van der Waals surface area contributed by atoms with Gasteiger partial charge in [0, 0.05) is 11.9 Å². The SMILES string of the molecule is Cn1cnc2cc(SC3(C(=O)O)CCC3)ccc21. The molecule has 1 fully saturated rings. The fourth-order valence-electron chi connectivity index (χ4n) is 2.26. The molecule has 1 N–H and O–H groups in total. The molecule has 4 nitrogen and oxygen atoms in total. The standard InChI is InChI=1S/C13H14N2O2S/c1-15-8-14-10-7-9(3-4-11(10)15)18-13(12(16)17)5-2-6-13/h3-4,7-8H,2,5-6H2,1H3,(H,16,17). The number of carbonyl (C=O) groups is 1. The molecule has 1 heterocycles. The van der Waals surface area contributed by atoms with Gasteiger partial charge in [0.15, 0.2) is 0 Å². The fourth-order valence-corrected chi connectivity index (χ4v) is 3.60. The molecule has 1 saturated carbocycles. The van der Waals surface area contributed by atoms with Crippen LogP contribution in [0.1, 0.15) is 19.3 Å². The second-order valence-corrected chi connectivity index (χ2v) is 6.22. The highest BCUT2D eigenvalue weighted by Crippen LogP contribution is 2.48. The first-order valence-corrected chi connectivity index (χ1v) is 6.76. The molecule has 0 amide bonds. The Hall–Kier alpha value is -1.49. The molecule has 94 valence electrons. The highest BCUT2D eigenvalue weighted by atomic mass is 32.2. The van der Waals surface area contributed by atoms with E-state index in [9.17, 15) is 9.90 Å². The Kier molecular flexibility index (Phi) is 2.59. The maximum Gasteiger partial charge on any atom is 0.320 e. The lowest BCUT2D eigenvalue weighted by Gasteiger charge is -2.36. The minimum absolute atomic E-state index is 0.609. The van der Waals surface area contributed by atoms with Crippen LogP contribution in [0.4, 0.5) is 0 Å². The molecule has 2 aromatic rings. The number of fused-ring (bicyclic) bond motifs is 1. The summed E-state index contributed by atoms with van der Waals surface area (Å²) in [7, 11) is 1.95. The number of imidazole rings is 1. The van der Waals surface area contributed by atoms with Crippen LogP contribution in [0.15, 0.2) is 29.4 Å². The summed E-state index contributed by atoms with van der Waals surface area (Å²) in [4.78, 5) is 16.6. The predicted molar refractivity (Wildman–Crippen MR) is 70.8 cm³/mol. The zero-order valence-corrected chi connectivity index (χ0v) is 10.9. The van der Waals surface area contributed by atoms with Gasteiger partial charge in [-0.3, -0.25) is 4.79 Å². The molecule has 0 spiro atoms. The van der Waals surface area contributed by atoms with Crippen molar-refractivity contribution in [1.82, 2.24) is 9.55 Å². The molecule has 0 unspecified atom stereocenters. The summed E-state index contributed by atoms with van der Waals surface area (Å²) in [5.41, 5.74) is 1.99. The third-order valence-electron chi connectivity index (χ3n) is 3.56. The number of aromatic nitrogens is 2. The highest BCUT2D eigenvalue weighted by Gasteiger charge is 2.45. The van der Waals surface area contributed by atoms with Crippen molar-refractivity contribution in [3.63, 3.8) is 0 Å². The topological polar surface area (TPSA) is 55.1 Å². The molecule has 1 aromatic heterocycles. The van der Waals surface area contributed by atoms with Gasteiger partial charge in [-0.2, -0.15) is 0 Å². The van der Waals surface area contributed by atoms with Gasteiger partial charge >= 0.3 is 5.97 Å². The fraction of sp³-hybridized carbons (Fsp3) is 0.385. The molecule has 0 atom stereocenters. The van der Waals surface area contributed by atoms with Gasteiger partial charge in [0.05, 0.1) is 17.4 Å². The van der Waals surface area contributed by atoms with E-state index in [0.29, 0.717) is 0 Å². The van der Waals surface area contributed by atoms with E-state index < -0.39 is 10.7 Å². The maximum atomic E-state index is 11.3. The van der Waals surface area contributed by atoms with Crippen LogP contribution in [0.5, 0.6) is 0 Å².